The van der Waals surface area contributed by atoms with Crippen molar-refractivity contribution in [3.05, 3.63) is 60.4 Å². The molecule has 0 saturated carbocycles. The first-order valence-electron chi connectivity index (χ1n) is 15.6. The first kappa shape index (κ1) is 32.8. The van der Waals surface area contributed by atoms with Crippen molar-refractivity contribution in [3.8, 4) is 29.6 Å². The first-order valence-corrected chi connectivity index (χ1v) is 15.6. The van der Waals surface area contributed by atoms with Crippen molar-refractivity contribution in [2.45, 2.75) is 44.9 Å². The highest BCUT2D eigenvalue weighted by Crippen LogP contribution is 2.32. The molecule has 11 nitrogen and oxygen atoms in total. The predicted octanol–water partition coefficient (Wildman–Crippen LogP) is 5.56. The molecule has 14 heteroatoms. The molecule has 6 rings (SSSR count). The summed E-state index contributed by atoms with van der Waals surface area (Å²) in [4.78, 5) is 30.8. The van der Waals surface area contributed by atoms with E-state index in [0.29, 0.717) is 60.3 Å². The van der Waals surface area contributed by atoms with Crippen molar-refractivity contribution in [1.29, 1.82) is 0 Å². The second-order valence-corrected chi connectivity index (χ2v) is 11.9. The van der Waals surface area contributed by atoms with Crippen LogP contribution in [0.15, 0.2) is 53.3 Å². The Labute approximate surface area is 275 Å². The van der Waals surface area contributed by atoms with Crippen molar-refractivity contribution in [2.24, 2.45) is 0 Å². The van der Waals surface area contributed by atoms with Gasteiger partial charge in [0.1, 0.15) is 11.5 Å². The normalized spacial score (nSPS) is 14.0. The van der Waals surface area contributed by atoms with E-state index in [0.717, 1.165) is 42.1 Å². The summed E-state index contributed by atoms with van der Waals surface area (Å²) in [7, 11) is 1.99. The molecule has 1 aliphatic heterocycles. The van der Waals surface area contributed by atoms with Crippen LogP contribution in [0.4, 0.5) is 19.0 Å². The Hall–Kier alpha value is -5.16. The lowest BCUT2D eigenvalue weighted by Gasteiger charge is -2.32. The van der Waals surface area contributed by atoms with E-state index in [-0.39, 0.29) is 17.8 Å². The highest BCUT2D eigenvalue weighted by molar-refractivity contribution is 6.01. The fraction of sp³-hybridized carbons (Fsp3) is 0.382. The molecule has 0 bridgehead atoms. The van der Waals surface area contributed by atoms with Crippen LogP contribution in [0.25, 0.3) is 33.1 Å². The number of halogens is 3. The molecule has 1 aliphatic rings. The molecule has 5 aromatic rings. The second-order valence-electron chi connectivity index (χ2n) is 11.9. The molecular formula is C34H35F3N8O3. The molecule has 5 heterocycles. The molecule has 0 spiro atoms. The standard InChI is InChI=1S/C34H35F3N8O3/c1-4-14-43(3)15-6-5-7-25(41-31-26-18-24(30-40-22(2)48-42-30)9-8-23(26)10-12-38-31)20-44-16-17-45-28-11-13-39-32(47-21-34(35,36)37)27(28)19-29(45)33(44)46/h1,8-13,18-19,25H,5-7,14-17,20-21H2,2-3H3,(H,38,41)/t25-/m0/s1. The van der Waals surface area contributed by atoms with E-state index in [1.54, 1.807) is 30.2 Å². The predicted molar refractivity (Wildman–Crippen MR) is 175 cm³/mol. The largest absolute Gasteiger partial charge is 0.468 e. The third kappa shape index (κ3) is 7.36. The number of amides is 1. The van der Waals surface area contributed by atoms with Crippen LogP contribution >= 0.6 is 0 Å². The smallest absolute Gasteiger partial charge is 0.422 e. The van der Waals surface area contributed by atoms with Gasteiger partial charge in [0.05, 0.1) is 17.4 Å². The molecule has 0 aliphatic carbocycles. The summed E-state index contributed by atoms with van der Waals surface area (Å²) < 4.78 is 50.6. The number of hydrogen-bond donors (Lipinski definition) is 1. The molecule has 0 fully saturated rings. The maximum atomic E-state index is 13.9. The number of aryl methyl sites for hydroxylation is 1. The van der Waals surface area contributed by atoms with Crippen LogP contribution < -0.4 is 10.1 Å². The molecule has 0 unspecified atom stereocenters. The van der Waals surface area contributed by atoms with Gasteiger partial charge in [-0.1, -0.05) is 29.6 Å². The van der Waals surface area contributed by atoms with Crippen LogP contribution in [-0.2, 0) is 6.54 Å². The SMILES string of the molecule is C#CCN(C)CCCC[C@@H](CN1CCn2c(cc3c(OCC(F)(F)F)nccc32)C1=O)Nc1nccc2ccc(-c3noc(C)n3)cc12. The van der Waals surface area contributed by atoms with Gasteiger partial charge in [-0.15, -0.1) is 6.42 Å². The van der Waals surface area contributed by atoms with Gasteiger partial charge in [0.25, 0.3) is 5.91 Å². The number of nitrogens with zero attached hydrogens (tertiary/aromatic N) is 7. The summed E-state index contributed by atoms with van der Waals surface area (Å²) in [5, 5.41) is 9.89. The Balaban J connectivity index is 1.25. The summed E-state index contributed by atoms with van der Waals surface area (Å²) in [6, 6.07) is 10.9. The molecule has 4 aromatic heterocycles. The van der Waals surface area contributed by atoms with Crippen molar-refractivity contribution in [1.82, 2.24) is 34.5 Å². The second kappa shape index (κ2) is 13.9. The Bertz CT molecular complexity index is 1960. The van der Waals surface area contributed by atoms with Gasteiger partial charge < -0.3 is 24.0 Å². The quantitative estimate of drug-likeness (QED) is 0.128. The average Bonchev–Trinajstić information content (AvgIpc) is 3.67. The lowest BCUT2D eigenvalue weighted by molar-refractivity contribution is -0.153. The molecule has 0 radical (unpaired) electrons. The maximum Gasteiger partial charge on any atom is 0.422 e. The van der Waals surface area contributed by atoms with E-state index >= 15 is 0 Å². The highest BCUT2D eigenvalue weighted by Gasteiger charge is 2.32. The number of unbranched alkanes of at least 4 members (excludes halogenated alkanes) is 1. The molecular weight excluding hydrogens is 625 g/mol. The number of nitrogens with one attached hydrogen (secondary N) is 1. The Morgan fingerprint density at radius 1 is 1.12 bits per heavy atom. The minimum Gasteiger partial charge on any atom is -0.468 e. The van der Waals surface area contributed by atoms with Crippen LogP contribution in [0.2, 0.25) is 0 Å². The van der Waals surface area contributed by atoms with Crippen LogP contribution in [0, 0.1) is 19.3 Å². The number of alkyl halides is 3. The summed E-state index contributed by atoms with van der Waals surface area (Å²) in [5.41, 5.74) is 1.76. The number of hydrogen-bond acceptors (Lipinski definition) is 9. The molecule has 1 N–H and O–H groups in total. The number of carbonyl (C=O) groups is 1. The number of fused-ring (bicyclic) bond motifs is 4. The summed E-state index contributed by atoms with van der Waals surface area (Å²) in [5.74, 6) is 3.90. The topological polar surface area (TPSA) is 114 Å². The van der Waals surface area contributed by atoms with E-state index < -0.39 is 12.8 Å². The number of pyridine rings is 2. The van der Waals surface area contributed by atoms with E-state index in [4.69, 9.17) is 15.7 Å². The van der Waals surface area contributed by atoms with Crippen molar-refractivity contribution in [3.63, 3.8) is 0 Å². The number of carbonyl (C=O) groups excluding carboxylic acids is 1. The minimum absolute atomic E-state index is 0.155. The lowest BCUT2D eigenvalue weighted by atomic mass is 10.1. The van der Waals surface area contributed by atoms with Gasteiger partial charge in [0, 0.05) is 55.9 Å². The van der Waals surface area contributed by atoms with Crippen LogP contribution in [0.5, 0.6) is 5.88 Å². The Morgan fingerprint density at radius 2 is 1.96 bits per heavy atom. The fourth-order valence-corrected chi connectivity index (χ4v) is 6.02. The van der Waals surface area contributed by atoms with Gasteiger partial charge >= 0.3 is 6.18 Å². The molecule has 48 heavy (non-hydrogen) atoms. The van der Waals surface area contributed by atoms with Crippen molar-refractivity contribution in [2.75, 3.05) is 45.2 Å². The van der Waals surface area contributed by atoms with Crippen LogP contribution in [-0.4, -0.2) is 92.4 Å². The van der Waals surface area contributed by atoms with Gasteiger partial charge in [-0.05, 0) is 56.1 Å². The third-order valence-electron chi connectivity index (χ3n) is 8.30. The third-order valence-corrected chi connectivity index (χ3v) is 8.30. The highest BCUT2D eigenvalue weighted by atomic mass is 19.4. The average molecular weight is 661 g/mol. The fourth-order valence-electron chi connectivity index (χ4n) is 6.02. The summed E-state index contributed by atoms with van der Waals surface area (Å²) >= 11 is 0. The molecule has 1 atom stereocenters. The van der Waals surface area contributed by atoms with Crippen molar-refractivity contribution < 1.29 is 27.2 Å². The van der Waals surface area contributed by atoms with Gasteiger partial charge in [-0.3, -0.25) is 9.69 Å². The zero-order chi connectivity index (χ0) is 33.8. The van der Waals surface area contributed by atoms with Gasteiger partial charge in [0.2, 0.25) is 17.6 Å². The van der Waals surface area contributed by atoms with Gasteiger partial charge in [0.15, 0.2) is 6.61 Å². The number of benzene rings is 1. The molecule has 1 aromatic carbocycles. The first-order chi connectivity index (χ1) is 23.1. The number of anilines is 1. The van der Waals surface area contributed by atoms with Gasteiger partial charge in [-0.25, -0.2) is 9.97 Å². The van der Waals surface area contributed by atoms with Crippen LogP contribution in [0.1, 0.15) is 35.6 Å². The lowest BCUT2D eigenvalue weighted by Crippen LogP contribution is -2.45. The monoisotopic (exact) mass is 660 g/mol. The summed E-state index contributed by atoms with van der Waals surface area (Å²) in [6.45, 7) is 2.95. The van der Waals surface area contributed by atoms with Crippen LogP contribution in [0.3, 0.4) is 0 Å². The van der Waals surface area contributed by atoms with E-state index in [1.165, 1.54) is 6.20 Å². The molecule has 0 saturated heterocycles. The number of aromatic nitrogens is 5. The molecule has 1 amide bonds. The Kier molecular flexibility index (Phi) is 9.49. The number of rotatable bonds is 13. The number of ether oxygens (including phenoxy) is 1. The number of terminal acetylenes is 1. The van der Waals surface area contributed by atoms with E-state index in [2.05, 4.69) is 36.2 Å². The zero-order valence-corrected chi connectivity index (χ0v) is 26.6. The summed E-state index contributed by atoms with van der Waals surface area (Å²) in [6.07, 6.45) is 6.62. The van der Waals surface area contributed by atoms with E-state index in [1.807, 2.05) is 35.9 Å². The zero-order valence-electron chi connectivity index (χ0n) is 26.6. The Morgan fingerprint density at radius 3 is 2.73 bits per heavy atom. The van der Waals surface area contributed by atoms with Crippen molar-refractivity contribution >= 4 is 33.4 Å². The van der Waals surface area contributed by atoms with Gasteiger partial charge in [-0.2, -0.15) is 18.2 Å². The molecule has 250 valence electrons. The minimum atomic E-state index is -4.51. The maximum absolute atomic E-state index is 13.9. The van der Waals surface area contributed by atoms with E-state index in [9.17, 15) is 18.0 Å².